The van der Waals surface area contributed by atoms with Crippen LogP contribution in [0.3, 0.4) is 0 Å². The van der Waals surface area contributed by atoms with Gasteiger partial charge in [0.05, 0.1) is 9.13 Å². The van der Waals surface area contributed by atoms with Gasteiger partial charge in [0.1, 0.15) is 0 Å². The fourth-order valence-electron chi connectivity index (χ4n) is 6.68. The van der Waals surface area contributed by atoms with Crippen LogP contribution in [0.25, 0.3) is 27.8 Å². The zero-order valence-electron chi connectivity index (χ0n) is 27.5. The zero-order valence-corrected chi connectivity index (χ0v) is 29.9. The second kappa shape index (κ2) is 10.1. The van der Waals surface area contributed by atoms with Crippen molar-refractivity contribution in [1.29, 1.82) is 0 Å². The Labute approximate surface area is 285 Å². The van der Waals surface area contributed by atoms with E-state index >= 15 is 0 Å². The van der Waals surface area contributed by atoms with Crippen molar-refractivity contribution in [3.63, 3.8) is 0 Å². The summed E-state index contributed by atoms with van der Waals surface area (Å²) in [6, 6.07) is 24.3. The van der Waals surface area contributed by atoms with E-state index in [4.69, 9.17) is 0 Å². The highest BCUT2D eigenvalue weighted by Gasteiger charge is 2.37. The highest BCUT2D eigenvalue weighted by Crippen LogP contribution is 2.60. The molecule has 0 amide bonds. The monoisotopic (exact) mass is 673 g/mol. The minimum absolute atomic E-state index is 0.0383. The fraction of sp³-hybridized carbons (Fsp3) is 0.225. The number of ketones is 1. The lowest BCUT2D eigenvalue weighted by Crippen LogP contribution is -2.11. The van der Waals surface area contributed by atoms with Gasteiger partial charge in [0.15, 0.2) is 5.78 Å². The maximum absolute atomic E-state index is 13.9. The summed E-state index contributed by atoms with van der Waals surface area (Å²) in [6.45, 7) is 15.1. The molecule has 0 N–H and O–H groups in total. The molecule has 1 aliphatic heterocycles. The number of carbonyl (C=O) groups excluding carboxylic acids is 1. The Kier molecular flexibility index (Phi) is 6.57. The predicted molar refractivity (Wildman–Crippen MR) is 194 cm³/mol. The first kappa shape index (κ1) is 30.5. The molecule has 0 bridgehead atoms. The number of hydrogen-bond acceptors (Lipinski definition) is 5. The summed E-state index contributed by atoms with van der Waals surface area (Å²) in [5.74, 6) is 0.0854. The van der Waals surface area contributed by atoms with Crippen molar-refractivity contribution in [2.75, 3.05) is 0 Å². The molecule has 236 valence electrons. The molecule has 0 saturated carbocycles. The number of aromatic nitrogens is 1. The van der Waals surface area contributed by atoms with Gasteiger partial charge in [0.2, 0.25) is 0 Å². The Balaban J connectivity index is 1.27. The van der Waals surface area contributed by atoms with E-state index in [1.165, 1.54) is 9.54 Å². The van der Waals surface area contributed by atoms with E-state index in [0.29, 0.717) is 0 Å². The molecule has 0 unspecified atom stereocenters. The van der Waals surface area contributed by atoms with Crippen LogP contribution in [0.15, 0.2) is 104 Å². The van der Waals surface area contributed by atoms with E-state index in [1.807, 2.05) is 19.1 Å². The molecule has 2 aliphatic carbocycles. The van der Waals surface area contributed by atoms with Gasteiger partial charge in [0, 0.05) is 38.9 Å². The Bertz CT molecular complexity index is 2320. The quantitative estimate of drug-likeness (QED) is 0.183. The van der Waals surface area contributed by atoms with Crippen LogP contribution < -0.4 is 0 Å². The molecular formula is C40H35NO3S3. The molecule has 7 heteroatoms. The van der Waals surface area contributed by atoms with Crippen molar-refractivity contribution in [2.45, 2.75) is 74.0 Å². The molecule has 1 aromatic heterocycles. The molecule has 0 spiro atoms. The van der Waals surface area contributed by atoms with Crippen LogP contribution in [0, 0.1) is 6.92 Å². The van der Waals surface area contributed by atoms with E-state index in [-0.39, 0.29) is 21.5 Å². The first-order valence-corrected chi connectivity index (χ1v) is 18.9. The molecule has 0 atom stereocenters. The summed E-state index contributed by atoms with van der Waals surface area (Å²) in [5.41, 5.74) is 12.4. The third kappa shape index (κ3) is 4.73. The average Bonchev–Trinajstić information content (AvgIpc) is 3.74. The topological polar surface area (TPSA) is 56.1 Å². The van der Waals surface area contributed by atoms with Gasteiger partial charge < -0.3 is 0 Å². The molecule has 3 aliphatic rings. The molecule has 0 fully saturated rings. The van der Waals surface area contributed by atoms with Crippen LogP contribution in [0.2, 0.25) is 0 Å². The summed E-state index contributed by atoms with van der Waals surface area (Å²) in [7, 11) is -3.70. The lowest BCUT2D eigenvalue weighted by atomic mass is 9.85. The normalized spacial score (nSPS) is 15.1. The summed E-state index contributed by atoms with van der Waals surface area (Å²) < 4.78 is 29.4. The van der Waals surface area contributed by atoms with Crippen LogP contribution >= 0.6 is 23.5 Å². The lowest BCUT2D eigenvalue weighted by Gasteiger charge is -2.20. The fourth-order valence-corrected chi connectivity index (χ4v) is 10.7. The number of nitrogens with zero attached hydrogens (tertiary/aromatic N) is 1. The van der Waals surface area contributed by atoms with Crippen molar-refractivity contribution in [3.8, 4) is 22.3 Å². The first-order chi connectivity index (χ1) is 22.1. The van der Waals surface area contributed by atoms with Crippen molar-refractivity contribution in [3.05, 3.63) is 128 Å². The van der Waals surface area contributed by atoms with Gasteiger partial charge in [-0.1, -0.05) is 107 Å². The Morgan fingerprint density at radius 2 is 1.04 bits per heavy atom. The molecule has 2 heterocycles. The second-order valence-electron chi connectivity index (χ2n) is 14.8. The van der Waals surface area contributed by atoms with Crippen molar-refractivity contribution < 1.29 is 13.2 Å². The second-order valence-corrected chi connectivity index (χ2v) is 19.0. The molecule has 47 heavy (non-hydrogen) atoms. The van der Waals surface area contributed by atoms with Gasteiger partial charge in [-0.25, -0.2) is 12.4 Å². The smallest absolute Gasteiger partial charge is 0.267 e. The highest BCUT2D eigenvalue weighted by molar-refractivity contribution is 8.25. The Morgan fingerprint density at radius 3 is 1.62 bits per heavy atom. The number of rotatable bonds is 2. The standard InChI is InChI=1S/C40H35NO3S3/c1-22-8-12-25(13-9-22)47(43,44)41-20-34-35(21-41)46-38(45-34)36-30-16-23(39(2,3)4)10-14-26(30)28-19-33-29(18-31(28)36)27-15-11-24(40(5,6)7)17-32(27)37(33)42/h8-21H,1-7H3. The Hall–Kier alpha value is -3.78. The summed E-state index contributed by atoms with van der Waals surface area (Å²) in [5, 5.41) is 0. The van der Waals surface area contributed by atoms with Crippen molar-refractivity contribution in [1.82, 2.24) is 3.97 Å². The van der Waals surface area contributed by atoms with Crippen LogP contribution in [0.1, 0.15) is 85.3 Å². The number of hydrogen-bond donors (Lipinski definition) is 0. The largest absolute Gasteiger partial charge is 0.289 e. The summed E-state index contributed by atoms with van der Waals surface area (Å²) in [4.78, 5) is 16.0. The van der Waals surface area contributed by atoms with Gasteiger partial charge in [0.25, 0.3) is 10.0 Å². The van der Waals surface area contributed by atoms with E-state index in [1.54, 1.807) is 48.1 Å². The van der Waals surface area contributed by atoms with Gasteiger partial charge in [-0.3, -0.25) is 4.79 Å². The summed E-state index contributed by atoms with van der Waals surface area (Å²) in [6.07, 6.45) is 3.48. The van der Waals surface area contributed by atoms with Gasteiger partial charge >= 0.3 is 0 Å². The average molecular weight is 674 g/mol. The maximum Gasteiger partial charge on any atom is 0.267 e. The SMILES string of the molecule is Cc1ccc(S(=O)(=O)n2cc3c(c2)SC(=C2c4cc(C(C)(C)C)ccc4-c4cc5c(cc42)-c2ccc(C(C)(C)C)cc2C5=O)S3)cc1. The summed E-state index contributed by atoms with van der Waals surface area (Å²) >= 11 is 3.25. The lowest BCUT2D eigenvalue weighted by molar-refractivity contribution is 0.104. The predicted octanol–water partition coefficient (Wildman–Crippen LogP) is 10.4. The third-order valence-corrected chi connectivity index (χ3v) is 13.6. The molecule has 4 nitrogen and oxygen atoms in total. The number of fused-ring (bicyclic) bond motifs is 7. The van der Waals surface area contributed by atoms with Crippen molar-refractivity contribution >= 4 is 44.9 Å². The maximum atomic E-state index is 13.9. The number of aryl methyl sites for hydroxylation is 1. The minimum atomic E-state index is -3.70. The van der Waals surface area contributed by atoms with Crippen LogP contribution in [-0.4, -0.2) is 18.2 Å². The third-order valence-electron chi connectivity index (χ3n) is 9.47. The molecule has 5 aromatic rings. The van der Waals surface area contributed by atoms with Gasteiger partial charge in [-0.2, -0.15) is 0 Å². The van der Waals surface area contributed by atoms with E-state index in [0.717, 1.165) is 75.2 Å². The van der Waals surface area contributed by atoms with Crippen molar-refractivity contribution in [2.24, 2.45) is 0 Å². The van der Waals surface area contributed by atoms with Crippen LogP contribution in [-0.2, 0) is 20.9 Å². The van der Waals surface area contributed by atoms with E-state index < -0.39 is 10.0 Å². The number of benzene rings is 4. The molecule has 4 aromatic carbocycles. The minimum Gasteiger partial charge on any atom is -0.289 e. The van der Waals surface area contributed by atoms with E-state index in [2.05, 4.69) is 90.1 Å². The number of thioether (sulfide) groups is 2. The highest BCUT2D eigenvalue weighted by atomic mass is 32.2. The first-order valence-electron chi connectivity index (χ1n) is 15.8. The van der Waals surface area contributed by atoms with Crippen LogP contribution in [0.5, 0.6) is 0 Å². The van der Waals surface area contributed by atoms with Crippen LogP contribution in [0.4, 0.5) is 0 Å². The number of carbonyl (C=O) groups is 1. The Morgan fingerprint density at radius 1 is 0.574 bits per heavy atom. The molecular weight excluding hydrogens is 639 g/mol. The van der Waals surface area contributed by atoms with E-state index in [9.17, 15) is 13.2 Å². The molecule has 0 saturated heterocycles. The van der Waals surface area contributed by atoms with Gasteiger partial charge in [-0.05, 0) is 98.7 Å². The zero-order chi connectivity index (χ0) is 33.2. The van der Waals surface area contributed by atoms with Gasteiger partial charge in [-0.15, -0.1) is 0 Å². The molecule has 8 rings (SSSR count). The molecule has 0 radical (unpaired) electrons.